The zero-order valence-corrected chi connectivity index (χ0v) is 14.0. The van der Waals surface area contributed by atoms with Gasteiger partial charge in [-0.15, -0.1) is 0 Å². The molecule has 2 rings (SSSR count). The first-order chi connectivity index (χ1) is 9.09. The van der Waals surface area contributed by atoms with Crippen LogP contribution in [0.25, 0.3) is 0 Å². The van der Waals surface area contributed by atoms with Crippen LogP contribution < -0.4 is 5.32 Å². The Kier molecular flexibility index (Phi) is 6.16. The summed E-state index contributed by atoms with van der Waals surface area (Å²) in [5, 5.41) is 5.08. The summed E-state index contributed by atoms with van der Waals surface area (Å²) in [5.74, 6) is 3.35. The Morgan fingerprint density at radius 2 is 1.89 bits per heavy atom. The normalized spacial score (nSPS) is 18.5. The number of halogens is 3. The molecule has 1 aromatic rings. The molecular formula is C14H18Cl3NS. The molecule has 0 amide bonds. The van der Waals surface area contributed by atoms with E-state index in [9.17, 15) is 0 Å². The number of nitrogens with one attached hydrogen (secondary N) is 1. The molecule has 0 radical (unpaired) electrons. The van der Waals surface area contributed by atoms with Gasteiger partial charge >= 0.3 is 0 Å². The minimum atomic E-state index is 0.192. The van der Waals surface area contributed by atoms with E-state index in [1.54, 1.807) is 6.07 Å². The van der Waals surface area contributed by atoms with Crippen molar-refractivity contribution in [2.24, 2.45) is 5.92 Å². The highest BCUT2D eigenvalue weighted by atomic mass is 35.5. The summed E-state index contributed by atoms with van der Waals surface area (Å²) in [6.45, 7) is 3.15. The number of rotatable bonds is 4. The van der Waals surface area contributed by atoms with Gasteiger partial charge in [-0.3, -0.25) is 0 Å². The van der Waals surface area contributed by atoms with Crippen molar-refractivity contribution in [2.75, 3.05) is 18.1 Å². The Bertz CT molecular complexity index is 433. The van der Waals surface area contributed by atoms with Gasteiger partial charge in [-0.2, -0.15) is 11.8 Å². The summed E-state index contributed by atoms with van der Waals surface area (Å²) in [4.78, 5) is 0. The van der Waals surface area contributed by atoms with Gasteiger partial charge in [0.25, 0.3) is 0 Å². The minimum Gasteiger partial charge on any atom is -0.310 e. The van der Waals surface area contributed by atoms with E-state index in [0.717, 1.165) is 18.0 Å². The highest BCUT2D eigenvalue weighted by molar-refractivity contribution is 7.99. The van der Waals surface area contributed by atoms with E-state index in [0.29, 0.717) is 15.1 Å². The molecule has 1 aliphatic heterocycles. The first kappa shape index (κ1) is 15.8. The van der Waals surface area contributed by atoms with Gasteiger partial charge in [-0.1, -0.05) is 40.9 Å². The highest BCUT2D eigenvalue weighted by Crippen LogP contribution is 2.35. The fraction of sp³-hybridized carbons (Fsp3) is 0.571. The minimum absolute atomic E-state index is 0.192. The molecule has 19 heavy (non-hydrogen) atoms. The molecule has 1 saturated heterocycles. The standard InChI is InChI=1S/C14H18Cl3NS/c1-9(18-8-10-4-6-19-7-5-10)11-2-3-12(15)14(17)13(11)16/h2-3,9-10,18H,4-8H2,1H3. The van der Waals surface area contributed by atoms with Crippen LogP contribution in [0, 0.1) is 5.92 Å². The Morgan fingerprint density at radius 3 is 2.58 bits per heavy atom. The van der Waals surface area contributed by atoms with E-state index >= 15 is 0 Å². The smallest absolute Gasteiger partial charge is 0.0781 e. The maximum Gasteiger partial charge on any atom is 0.0781 e. The highest BCUT2D eigenvalue weighted by Gasteiger charge is 2.17. The number of thioether (sulfide) groups is 1. The van der Waals surface area contributed by atoms with Crippen LogP contribution >= 0.6 is 46.6 Å². The van der Waals surface area contributed by atoms with Crippen LogP contribution in [0.4, 0.5) is 0 Å². The number of hydrogen-bond donors (Lipinski definition) is 1. The average molecular weight is 339 g/mol. The summed E-state index contributed by atoms with van der Waals surface area (Å²) in [7, 11) is 0. The molecule has 1 N–H and O–H groups in total. The van der Waals surface area contributed by atoms with E-state index in [-0.39, 0.29) is 6.04 Å². The molecular weight excluding hydrogens is 321 g/mol. The topological polar surface area (TPSA) is 12.0 Å². The van der Waals surface area contributed by atoms with Crippen molar-refractivity contribution in [3.8, 4) is 0 Å². The second-order valence-corrected chi connectivity index (χ2v) is 7.34. The van der Waals surface area contributed by atoms with Crippen LogP contribution in [0.3, 0.4) is 0 Å². The zero-order chi connectivity index (χ0) is 13.8. The maximum absolute atomic E-state index is 6.26. The second-order valence-electron chi connectivity index (χ2n) is 4.95. The summed E-state index contributed by atoms with van der Waals surface area (Å²) < 4.78 is 0. The Labute approximate surface area is 134 Å². The van der Waals surface area contributed by atoms with E-state index in [1.807, 2.05) is 6.07 Å². The third-order valence-electron chi connectivity index (χ3n) is 3.59. The van der Waals surface area contributed by atoms with E-state index in [4.69, 9.17) is 34.8 Å². The van der Waals surface area contributed by atoms with Crippen molar-refractivity contribution in [1.82, 2.24) is 5.32 Å². The van der Waals surface area contributed by atoms with Crippen molar-refractivity contribution in [2.45, 2.75) is 25.8 Å². The lowest BCUT2D eigenvalue weighted by Gasteiger charge is -2.24. The lowest BCUT2D eigenvalue weighted by molar-refractivity contribution is 0.421. The van der Waals surface area contributed by atoms with Crippen LogP contribution in [0.1, 0.15) is 31.4 Å². The Morgan fingerprint density at radius 1 is 1.21 bits per heavy atom. The van der Waals surface area contributed by atoms with Crippen LogP contribution in [-0.4, -0.2) is 18.1 Å². The van der Waals surface area contributed by atoms with Crippen molar-refractivity contribution in [3.05, 3.63) is 32.8 Å². The Hall–Kier alpha value is 0.400. The summed E-state index contributed by atoms with van der Waals surface area (Å²) >= 11 is 20.3. The lowest BCUT2D eigenvalue weighted by atomic mass is 10.0. The largest absolute Gasteiger partial charge is 0.310 e. The van der Waals surface area contributed by atoms with Crippen LogP contribution in [0.2, 0.25) is 15.1 Å². The number of hydrogen-bond acceptors (Lipinski definition) is 2. The van der Waals surface area contributed by atoms with E-state index in [2.05, 4.69) is 24.0 Å². The predicted octanol–water partition coefficient (Wildman–Crippen LogP) is 5.44. The quantitative estimate of drug-likeness (QED) is 0.734. The summed E-state index contributed by atoms with van der Waals surface area (Å²) in [5.41, 5.74) is 1.02. The van der Waals surface area contributed by atoms with Gasteiger partial charge in [-0.25, -0.2) is 0 Å². The molecule has 1 aromatic carbocycles. The maximum atomic E-state index is 6.26. The molecule has 0 aromatic heterocycles. The molecule has 0 spiro atoms. The molecule has 1 nitrogen and oxygen atoms in total. The molecule has 1 fully saturated rings. The molecule has 1 unspecified atom stereocenters. The van der Waals surface area contributed by atoms with Crippen molar-refractivity contribution in [3.63, 3.8) is 0 Å². The molecule has 5 heteroatoms. The molecule has 1 heterocycles. The van der Waals surface area contributed by atoms with Gasteiger partial charge in [0.2, 0.25) is 0 Å². The fourth-order valence-corrected chi connectivity index (χ4v) is 4.19. The third-order valence-corrected chi connectivity index (χ3v) is 5.94. The molecule has 0 aliphatic carbocycles. The van der Waals surface area contributed by atoms with Crippen LogP contribution in [0.15, 0.2) is 12.1 Å². The van der Waals surface area contributed by atoms with Gasteiger partial charge in [0.05, 0.1) is 15.1 Å². The van der Waals surface area contributed by atoms with Crippen LogP contribution in [0.5, 0.6) is 0 Å². The SMILES string of the molecule is CC(NCC1CCSCC1)c1ccc(Cl)c(Cl)c1Cl. The lowest BCUT2D eigenvalue weighted by Crippen LogP contribution is -2.28. The van der Waals surface area contributed by atoms with Gasteiger partial charge in [0, 0.05) is 6.04 Å². The molecule has 106 valence electrons. The second kappa shape index (κ2) is 7.42. The van der Waals surface area contributed by atoms with Gasteiger partial charge in [0.15, 0.2) is 0 Å². The van der Waals surface area contributed by atoms with Gasteiger partial charge in [-0.05, 0) is 55.4 Å². The molecule has 0 bridgehead atoms. The van der Waals surface area contributed by atoms with Gasteiger partial charge in [0.1, 0.15) is 0 Å². The third kappa shape index (κ3) is 4.18. The van der Waals surface area contributed by atoms with Crippen molar-refractivity contribution >= 4 is 46.6 Å². The summed E-state index contributed by atoms with van der Waals surface area (Å²) in [6.07, 6.45) is 2.61. The van der Waals surface area contributed by atoms with E-state index < -0.39 is 0 Å². The first-order valence-corrected chi connectivity index (χ1v) is 8.83. The summed E-state index contributed by atoms with van der Waals surface area (Å²) in [6, 6.07) is 3.95. The fourth-order valence-electron chi connectivity index (χ4n) is 2.28. The molecule has 1 atom stereocenters. The predicted molar refractivity (Wildman–Crippen MR) is 87.9 cm³/mol. The molecule has 1 aliphatic rings. The monoisotopic (exact) mass is 337 g/mol. The van der Waals surface area contributed by atoms with Crippen molar-refractivity contribution < 1.29 is 0 Å². The average Bonchev–Trinajstić information content (AvgIpc) is 2.43. The molecule has 0 saturated carbocycles. The van der Waals surface area contributed by atoms with Gasteiger partial charge < -0.3 is 5.32 Å². The zero-order valence-electron chi connectivity index (χ0n) is 10.9. The van der Waals surface area contributed by atoms with E-state index in [1.165, 1.54) is 24.3 Å². The Balaban J connectivity index is 1.95. The van der Waals surface area contributed by atoms with Crippen LogP contribution in [-0.2, 0) is 0 Å². The number of benzene rings is 1. The first-order valence-electron chi connectivity index (χ1n) is 6.54. The van der Waals surface area contributed by atoms with Crippen molar-refractivity contribution in [1.29, 1.82) is 0 Å².